The molecule has 0 aliphatic rings. The SMILES string of the molecule is NC(C(=O)O)C(=C=O)C=O. The van der Waals surface area contributed by atoms with Crippen LogP contribution in [0.15, 0.2) is 5.57 Å². The maximum Gasteiger partial charge on any atom is 0.326 e. The lowest BCUT2D eigenvalue weighted by Crippen LogP contribution is -2.33. The van der Waals surface area contributed by atoms with E-state index in [-0.39, 0.29) is 6.29 Å². The molecule has 0 aliphatic carbocycles. The lowest BCUT2D eigenvalue weighted by atomic mass is 10.1. The molecule has 0 bridgehead atoms. The first-order chi connectivity index (χ1) is 4.63. The van der Waals surface area contributed by atoms with Gasteiger partial charge in [-0.3, -0.25) is 9.59 Å². The van der Waals surface area contributed by atoms with Gasteiger partial charge in [0.15, 0.2) is 6.29 Å². The van der Waals surface area contributed by atoms with E-state index in [2.05, 4.69) is 0 Å². The van der Waals surface area contributed by atoms with Crippen molar-refractivity contribution in [2.24, 2.45) is 5.73 Å². The van der Waals surface area contributed by atoms with Crippen molar-refractivity contribution in [3.63, 3.8) is 0 Å². The van der Waals surface area contributed by atoms with Gasteiger partial charge in [0.2, 0.25) is 0 Å². The van der Waals surface area contributed by atoms with Crippen molar-refractivity contribution in [2.75, 3.05) is 0 Å². The Morgan fingerprint density at radius 3 is 2.30 bits per heavy atom. The smallest absolute Gasteiger partial charge is 0.326 e. The van der Waals surface area contributed by atoms with Gasteiger partial charge in [-0.2, -0.15) is 0 Å². The van der Waals surface area contributed by atoms with Crippen molar-refractivity contribution in [3.8, 4) is 0 Å². The highest BCUT2D eigenvalue weighted by molar-refractivity contribution is 5.96. The predicted octanol–water partition coefficient (Wildman–Crippen LogP) is -1.64. The van der Waals surface area contributed by atoms with Crippen molar-refractivity contribution in [3.05, 3.63) is 5.57 Å². The summed E-state index contributed by atoms with van der Waals surface area (Å²) in [6, 6.07) is -1.56. The number of rotatable bonds is 3. The Kier molecular flexibility index (Phi) is 3.04. The van der Waals surface area contributed by atoms with Gasteiger partial charge in [0.1, 0.15) is 17.6 Å². The second-order valence-electron chi connectivity index (χ2n) is 1.49. The average Bonchev–Trinajstić information content (AvgIpc) is 1.90. The zero-order chi connectivity index (χ0) is 8.15. The third-order valence-corrected chi connectivity index (χ3v) is 0.846. The summed E-state index contributed by atoms with van der Waals surface area (Å²) < 4.78 is 0. The highest BCUT2D eigenvalue weighted by Gasteiger charge is 2.17. The molecule has 0 amide bonds. The number of hydrogen-bond acceptors (Lipinski definition) is 4. The summed E-state index contributed by atoms with van der Waals surface area (Å²) in [7, 11) is 0. The molecule has 0 heterocycles. The fourth-order valence-electron chi connectivity index (χ4n) is 0.294. The monoisotopic (exact) mass is 143 g/mol. The summed E-state index contributed by atoms with van der Waals surface area (Å²) in [6.45, 7) is 0. The predicted molar refractivity (Wildman–Crippen MR) is 30.9 cm³/mol. The Balaban J connectivity index is 4.47. The van der Waals surface area contributed by atoms with Crippen LogP contribution in [-0.4, -0.2) is 29.3 Å². The van der Waals surface area contributed by atoms with Crippen molar-refractivity contribution >= 4 is 18.2 Å². The lowest BCUT2D eigenvalue weighted by Gasteiger charge is -1.98. The first-order valence-corrected chi connectivity index (χ1v) is 2.32. The standard InChI is InChI=1S/C5H5NO4/c6-4(5(9)10)3(1-7)2-8/h1,4H,6H2,(H,9,10). The van der Waals surface area contributed by atoms with Gasteiger partial charge in [-0.1, -0.05) is 0 Å². The molecule has 1 atom stereocenters. The second-order valence-corrected chi connectivity index (χ2v) is 1.49. The molecule has 0 spiro atoms. The van der Waals surface area contributed by atoms with Crippen LogP contribution in [0.1, 0.15) is 0 Å². The third kappa shape index (κ3) is 1.81. The van der Waals surface area contributed by atoms with Crippen molar-refractivity contribution < 1.29 is 19.5 Å². The minimum Gasteiger partial charge on any atom is -0.480 e. The number of carbonyl (C=O) groups excluding carboxylic acids is 2. The topological polar surface area (TPSA) is 97.5 Å². The van der Waals surface area contributed by atoms with Gasteiger partial charge in [-0.25, -0.2) is 4.79 Å². The minimum atomic E-state index is -1.56. The lowest BCUT2D eigenvalue weighted by molar-refractivity contribution is -0.137. The molecular formula is C5H5NO4. The number of carbonyl (C=O) groups is 2. The molecular weight excluding hydrogens is 138 g/mol. The Bertz CT molecular complexity index is 204. The number of aldehydes is 1. The Hall–Kier alpha value is -1.45. The zero-order valence-corrected chi connectivity index (χ0v) is 4.90. The van der Waals surface area contributed by atoms with E-state index >= 15 is 0 Å². The van der Waals surface area contributed by atoms with Gasteiger partial charge in [-0.05, 0) is 0 Å². The number of carboxylic acid groups (broad SMARTS) is 1. The van der Waals surface area contributed by atoms with E-state index in [9.17, 15) is 14.4 Å². The largest absolute Gasteiger partial charge is 0.480 e. The minimum absolute atomic E-state index is 0.0752. The molecule has 10 heavy (non-hydrogen) atoms. The summed E-state index contributed by atoms with van der Waals surface area (Å²) in [6.07, 6.45) is 0.0752. The molecule has 54 valence electrons. The van der Waals surface area contributed by atoms with Crippen LogP contribution in [0.5, 0.6) is 0 Å². The van der Waals surface area contributed by atoms with Crippen molar-refractivity contribution in [2.45, 2.75) is 6.04 Å². The van der Waals surface area contributed by atoms with E-state index in [4.69, 9.17) is 10.8 Å². The first-order valence-electron chi connectivity index (χ1n) is 2.32. The Labute approximate surface area is 56.1 Å². The summed E-state index contributed by atoms with van der Waals surface area (Å²) in [5.41, 5.74) is 4.26. The molecule has 5 heteroatoms. The van der Waals surface area contributed by atoms with E-state index in [0.717, 1.165) is 5.94 Å². The molecule has 0 fully saturated rings. The van der Waals surface area contributed by atoms with Gasteiger partial charge in [0, 0.05) is 0 Å². The molecule has 0 saturated heterocycles. The molecule has 0 saturated carbocycles. The molecule has 0 aromatic rings. The van der Waals surface area contributed by atoms with Crippen LogP contribution < -0.4 is 5.73 Å². The molecule has 5 nitrogen and oxygen atoms in total. The zero-order valence-electron chi connectivity index (χ0n) is 4.90. The van der Waals surface area contributed by atoms with Gasteiger partial charge in [0.25, 0.3) is 0 Å². The maximum atomic E-state index is 9.97. The fraction of sp³-hybridized carbons (Fsp3) is 0.200. The van der Waals surface area contributed by atoms with Crippen LogP contribution in [0.4, 0.5) is 0 Å². The molecule has 0 aromatic heterocycles. The highest BCUT2D eigenvalue weighted by atomic mass is 16.4. The number of nitrogens with two attached hydrogens (primary N) is 1. The van der Waals surface area contributed by atoms with Crippen LogP contribution in [0.3, 0.4) is 0 Å². The molecule has 0 rings (SSSR count). The summed E-state index contributed by atoms with van der Waals surface area (Å²) in [4.78, 5) is 29.6. The van der Waals surface area contributed by atoms with E-state index in [0.29, 0.717) is 0 Å². The number of hydrogen-bond donors (Lipinski definition) is 2. The highest BCUT2D eigenvalue weighted by Crippen LogP contribution is 1.89. The van der Waals surface area contributed by atoms with Crippen LogP contribution in [-0.2, 0) is 14.4 Å². The van der Waals surface area contributed by atoms with Crippen LogP contribution in [0, 0.1) is 0 Å². The van der Waals surface area contributed by atoms with E-state index in [1.807, 2.05) is 0 Å². The van der Waals surface area contributed by atoms with E-state index < -0.39 is 17.6 Å². The summed E-state index contributed by atoms with van der Waals surface area (Å²) in [5, 5.41) is 8.13. The fourth-order valence-corrected chi connectivity index (χ4v) is 0.294. The molecule has 3 N–H and O–H groups in total. The van der Waals surface area contributed by atoms with Crippen molar-refractivity contribution in [1.29, 1.82) is 0 Å². The van der Waals surface area contributed by atoms with Gasteiger partial charge in [-0.15, -0.1) is 0 Å². The first kappa shape index (κ1) is 8.55. The summed E-state index contributed by atoms with van der Waals surface area (Å²) >= 11 is 0. The molecule has 0 radical (unpaired) electrons. The third-order valence-electron chi connectivity index (χ3n) is 0.846. The number of carboxylic acids is 1. The van der Waals surface area contributed by atoms with E-state index in [1.165, 1.54) is 0 Å². The average molecular weight is 143 g/mol. The van der Waals surface area contributed by atoms with Gasteiger partial charge in [0.05, 0.1) is 0 Å². The van der Waals surface area contributed by atoms with E-state index in [1.54, 1.807) is 0 Å². The van der Waals surface area contributed by atoms with Gasteiger partial charge >= 0.3 is 5.97 Å². The van der Waals surface area contributed by atoms with Gasteiger partial charge < -0.3 is 10.8 Å². The maximum absolute atomic E-state index is 9.97. The quantitative estimate of drug-likeness (QED) is 0.280. The van der Waals surface area contributed by atoms with Crippen LogP contribution in [0.25, 0.3) is 0 Å². The van der Waals surface area contributed by atoms with Crippen LogP contribution >= 0.6 is 0 Å². The Morgan fingerprint density at radius 2 is 2.20 bits per heavy atom. The molecule has 1 unspecified atom stereocenters. The second kappa shape index (κ2) is 3.55. The van der Waals surface area contributed by atoms with Crippen LogP contribution in [0.2, 0.25) is 0 Å². The molecule has 0 aliphatic heterocycles. The normalized spacial score (nSPS) is 11.3. The number of aliphatic carboxylic acids is 1. The molecule has 0 aromatic carbocycles. The van der Waals surface area contributed by atoms with Crippen molar-refractivity contribution in [1.82, 2.24) is 0 Å². The summed E-state index contributed by atoms with van der Waals surface area (Å²) in [5.74, 6) is -0.300. The Morgan fingerprint density at radius 1 is 1.70 bits per heavy atom.